The lowest BCUT2D eigenvalue weighted by Crippen LogP contribution is -2.32. The van der Waals surface area contributed by atoms with Gasteiger partial charge in [-0.05, 0) is 35.9 Å². The topological polar surface area (TPSA) is 70.4 Å². The first-order valence-corrected chi connectivity index (χ1v) is 10.7. The molecular formula is C26H22N4O3. The Morgan fingerprint density at radius 2 is 1.70 bits per heavy atom. The van der Waals surface area contributed by atoms with E-state index in [1.54, 1.807) is 20.5 Å². The summed E-state index contributed by atoms with van der Waals surface area (Å²) in [5, 5.41) is 8.08. The van der Waals surface area contributed by atoms with Gasteiger partial charge >= 0.3 is 0 Å². The summed E-state index contributed by atoms with van der Waals surface area (Å²) in [7, 11) is 3.35. The van der Waals surface area contributed by atoms with Crippen LogP contribution in [-0.2, 0) is 0 Å². The maximum Gasteiger partial charge on any atom is 0.226 e. The van der Waals surface area contributed by atoms with Crippen molar-refractivity contribution in [2.45, 2.75) is 12.1 Å². The molecule has 0 saturated carbocycles. The normalized spacial score (nSPS) is 18.4. The number of anilines is 1. The average Bonchev–Trinajstić information content (AvgIpc) is 3.35. The monoisotopic (exact) mass is 438 g/mol. The van der Waals surface area contributed by atoms with Crippen molar-refractivity contribution in [3.05, 3.63) is 101 Å². The fourth-order valence-corrected chi connectivity index (χ4v) is 4.67. The molecule has 0 saturated heterocycles. The molecule has 164 valence electrons. The van der Waals surface area contributed by atoms with Crippen molar-refractivity contribution >= 4 is 11.6 Å². The third kappa shape index (κ3) is 3.04. The number of rotatable bonds is 4. The van der Waals surface area contributed by atoms with Crippen LogP contribution >= 0.6 is 0 Å². The maximum absolute atomic E-state index is 6.65. The number of aromatic nitrogens is 3. The Balaban J connectivity index is 1.62. The Hall–Kier alpha value is -4.26. The molecule has 3 aromatic carbocycles. The van der Waals surface area contributed by atoms with Gasteiger partial charge in [-0.1, -0.05) is 42.5 Å². The molecule has 7 heteroatoms. The molecule has 33 heavy (non-hydrogen) atoms. The van der Waals surface area contributed by atoms with E-state index in [0.717, 1.165) is 45.2 Å². The molecule has 2 aliphatic heterocycles. The molecular weight excluding hydrogens is 416 g/mol. The van der Waals surface area contributed by atoms with Gasteiger partial charge in [0.05, 0.1) is 19.9 Å². The van der Waals surface area contributed by atoms with Gasteiger partial charge in [-0.3, -0.25) is 0 Å². The summed E-state index contributed by atoms with van der Waals surface area (Å²) in [6.45, 7) is 0. The molecule has 2 atom stereocenters. The minimum atomic E-state index is -0.386. The Morgan fingerprint density at radius 1 is 0.909 bits per heavy atom. The number of ether oxygens (including phenoxy) is 3. The van der Waals surface area contributed by atoms with Gasteiger partial charge in [-0.2, -0.15) is 10.1 Å². The van der Waals surface area contributed by atoms with Crippen molar-refractivity contribution in [3.63, 3.8) is 0 Å². The number of nitrogens with zero attached hydrogens (tertiary/aromatic N) is 3. The molecule has 0 fully saturated rings. The van der Waals surface area contributed by atoms with E-state index in [9.17, 15) is 0 Å². The molecule has 0 spiro atoms. The minimum Gasteiger partial charge on any atom is -0.497 e. The average molecular weight is 438 g/mol. The minimum absolute atomic E-state index is 0.229. The number of methoxy groups -OCH3 is 2. The number of hydrogen-bond donors (Lipinski definition) is 1. The maximum atomic E-state index is 6.65. The Labute approximate surface area is 191 Å². The summed E-state index contributed by atoms with van der Waals surface area (Å²) in [6.07, 6.45) is 1.19. The Morgan fingerprint density at radius 3 is 2.52 bits per heavy atom. The smallest absolute Gasteiger partial charge is 0.226 e. The van der Waals surface area contributed by atoms with Crippen molar-refractivity contribution in [3.8, 4) is 17.2 Å². The van der Waals surface area contributed by atoms with Crippen LogP contribution in [0.4, 0.5) is 5.95 Å². The van der Waals surface area contributed by atoms with E-state index in [1.165, 1.54) is 0 Å². The van der Waals surface area contributed by atoms with Crippen LogP contribution in [0.2, 0.25) is 0 Å². The molecule has 1 N–H and O–H groups in total. The highest BCUT2D eigenvalue weighted by Gasteiger charge is 2.41. The van der Waals surface area contributed by atoms with E-state index in [-0.39, 0.29) is 12.1 Å². The Bertz CT molecular complexity index is 1360. The first kappa shape index (κ1) is 19.4. The summed E-state index contributed by atoms with van der Waals surface area (Å²) in [6, 6.07) is 23.8. The molecule has 2 aliphatic rings. The lowest BCUT2D eigenvalue weighted by Gasteiger charge is -2.39. The summed E-state index contributed by atoms with van der Waals surface area (Å²) in [4.78, 5) is 4.48. The van der Waals surface area contributed by atoms with Crippen molar-refractivity contribution in [1.82, 2.24) is 14.8 Å². The first-order chi connectivity index (χ1) is 16.3. The molecule has 3 heterocycles. The molecule has 0 aliphatic carbocycles. The number of fused-ring (bicyclic) bond motifs is 3. The van der Waals surface area contributed by atoms with Crippen LogP contribution in [0.5, 0.6) is 17.2 Å². The number of nitrogens with one attached hydrogen (secondary N) is 1. The van der Waals surface area contributed by atoms with Gasteiger partial charge < -0.3 is 19.5 Å². The van der Waals surface area contributed by atoms with Gasteiger partial charge in [0, 0.05) is 16.7 Å². The van der Waals surface area contributed by atoms with E-state index < -0.39 is 0 Å². The second kappa shape index (κ2) is 7.70. The molecule has 0 bridgehead atoms. The van der Waals surface area contributed by atoms with Crippen LogP contribution in [0.25, 0.3) is 5.70 Å². The van der Waals surface area contributed by atoms with Crippen LogP contribution in [-0.4, -0.2) is 29.0 Å². The van der Waals surface area contributed by atoms with Crippen LogP contribution in [0.15, 0.2) is 84.7 Å². The van der Waals surface area contributed by atoms with Gasteiger partial charge in [0.2, 0.25) is 5.95 Å². The van der Waals surface area contributed by atoms with E-state index >= 15 is 0 Å². The fraction of sp³-hybridized carbons (Fsp3) is 0.154. The molecule has 0 radical (unpaired) electrons. The van der Waals surface area contributed by atoms with Gasteiger partial charge in [-0.15, -0.1) is 0 Å². The second-order valence-electron chi connectivity index (χ2n) is 7.90. The van der Waals surface area contributed by atoms with Crippen molar-refractivity contribution in [2.24, 2.45) is 0 Å². The van der Waals surface area contributed by atoms with E-state index in [1.807, 2.05) is 59.3 Å². The zero-order valence-electron chi connectivity index (χ0n) is 18.2. The highest BCUT2D eigenvalue weighted by atomic mass is 16.5. The van der Waals surface area contributed by atoms with E-state index in [4.69, 9.17) is 14.2 Å². The van der Waals surface area contributed by atoms with Crippen LogP contribution < -0.4 is 19.5 Å². The third-order valence-electron chi connectivity index (χ3n) is 6.17. The SMILES string of the molecule is COc1ccc(C2C3=C(Nc4ncnn42)c2ccccc2OC3c2ccccc2OC)cc1. The zero-order valence-corrected chi connectivity index (χ0v) is 18.2. The molecule has 6 rings (SSSR count). The number of hydrogen-bond acceptors (Lipinski definition) is 6. The van der Waals surface area contributed by atoms with E-state index in [0.29, 0.717) is 5.95 Å². The lowest BCUT2D eigenvalue weighted by atomic mass is 9.84. The lowest BCUT2D eigenvalue weighted by molar-refractivity contribution is 0.217. The predicted molar refractivity (Wildman–Crippen MR) is 125 cm³/mol. The predicted octanol–water partition coefficient (Wildman–Crippen LogP) is 4.86. The largest absolute Gasteiger partial charge is 0.497 e. The summed E-state index contributed by atoms with van der Waals surface area (Å²) < 4.78 is 19.7. The standard InChI is InChI=1S/C26H22N4O3/c1-31-17-13-11-16(12-14-17)24-22-23(29-26-27-15-28-30(24)26)18-7-3-6-10-21(18)33-25(22)19-8-4-5-9-20(19)32-2/h3-15,24-25H,1-2H3,(H,27,28,29). The Kier molecular flexibility index (Phi) is 4.54. The van der Waals surface area contributed by atoms with Crippen LogP contribution in [0, 0.1) is 0 Å². The third-order valence-corrected chi connectivity index (χ3v) is 6.17. The molecule has 7 nitrogen and oxygen atoms in total. The second-order valence-corrected chi connectivity index (χ2v) is 7.90. The summed E-state index contributed by atoms with van der Waals surface area (Å²) in [5.74, 6) is 3.06. The summed E-state index contributed by atoms with van der Waals surface area (Å²) >= 11 is 0. The highest BCUT2D eigenvalue weighted by Crippen LogP contribution is 2.51. The van der Waals surface area contributed by atoms with Crippen LogP contribution in [0.3, 0.4) is 0 Å². The van der Waals surface area contributed by atoms with Gasteiger partial charge in [-0.25, -0.2) is 4.68 Å². The molecule has 4 aromatic rings. The van der Waals surface area contributed by atoms with Crippen molar-refractivity contribution < 1.29 is 14.2 Å². The van der Waals surface area contributed by atoms with Gasteiger partial charge in [0.25, 0.3) is 0 Å². The molecule has 1 aromatic heterocycles. The zero-order chi connectivity index (χ0) is 22.4. The van der Waals surface area contributed by atoms with Crippen LogP contribution in [0.1, 0.15) is 28.8 Å². The fourth-order valence-electron chi connectivity index (χ4n) is 4.67. The van der Waals surface area contributed by atoms with E-state index in [2.05, 4.69) is 33.6 Å². The van der Waals surface area contributed by atoms with Crippen molar-refractivity contribution in [1.29, 1.82) is 0 Å². The summed E-state index contributed by atoms with van der Waals surface area (Å²) in [5.41, 5.74) is 5.02. The quantitative estimate of drug-likeness (QED) is 0.491. The molecule has 2 unspecified atom stereocenters. The first-order valence-electron chi connectivity index (χ1n) is 10.7. The van der Waals surface area contributed by atoms with Gasteiger partial charge in [0.1, 0.15) is 29.6 Å². The highest BCUT2D eigenvalue weighted by molar-refractivity contribution is 5.85. The number of benzene rings is 3. The molecule has 0 amide bonds. The number of para-hydroxylation sites is 2. The van der Waals surface area contributed by atoms with Gasteiger partial charge in [0.15, 0.2) is 6.10 Å². The van der Waals surface area contributed by atoms with Crippen molar-refractivity contribution in [2.75, 3.05) is 19.5 Å².